The Morgan fingerprint density at radius 2 is 0.961 bits per heavy atom. The number of carbonyl (C=O) groups is 2. The molecule has 0 heterocycles. The zero-order chi connectivity index (χ0) is 37.5. The number of phosphoric acid groups is 1. The number of phosphoric ester groups is 1. The normalized spacial score (nSPS) is 13.4. The summed E-state index contributed by atoms with van der Waals surface area (Å²) in [5.74, 6) is -0.825. The van der Waals surface area contributed by atoms with Crippen molar-refractivity contribution in [2.75, 3.05) is 26.4 Å². The lowest BCUT2D eigenvalue weighted by molar-refractivity contribution is -0.161. The number of esters is 2. The summed E-state index contributed by atoms with van der Waals surface area (Å²) in [7, 11) is -4.37. The van der Waals surface area contributed by atoms with Gasteiger partial charge in [-0.3, -0.25) is 18.6 Å². The highest BCUT2D eigenvalue weighted by atomic mass is 31.2. The highest BCUT2D eigenvalue weighted by molar-refractivity contribution is 7.47. The Kier molecular flexibility index (Phi) is 37.5. The van der Waals surface area contributed by atoms with Gasteiger partial charge in [0.25, 0.3) is 0 Å². The standard InChI is InChI=1S/C41H80NO8P/c1-3-5-7-9-11-13-15-17-18-19-20-22-23-25-27-29-31-33-40(43)47-37-39(38-49-51(45,46)48-36-35-42)50-41(44)34-32-30-28-26-24-21-16-14-12-10-8-6-4-2/h17-18,39H,3-16,19-38,42H2,1-2H3,(H,45,46). The maximum Gasteiger partial charge on any atom is 0.472 e. The summed E-state index contributed by atoms with van der Waals surface area (Å²) in [5, 5.41) is 0. The van der Waals surface area contributed by atoms with Crippen molar-refractivity contribution in [1.29, 1.82) is 0 Å². The van der Waals surface area contributed by atoms with E-state index < -0.39 is 26.5 Å². The molecule has 0 rings (SSSR count). The van der Waals surface area contributed by atoms with Gasteiger partial charge in [0, 0.05) is 19.4 Å². The third-order valence-corrected chi connectivity index (χ3v) is 10.1. The predicted octanol–water partition coefficient (Wildman–Crippen LogP) is 11.8. The molecule has 0 radical (unpaired) electrons. The summed E-state index contributed by atoms with van der Waals surface area (Å²) in [5.41, 5.74) is 5.34. The minimum absolute atomic E-state index is 0.0556. The van der Waals surface area contributed by atoms with Crippen molar-refractivity contribution in [3.05, 3.63) is 12.2 Å². The molecular weight excluding hydrogens is 665 g/mol. The van der Waals surface area contributed by atoms with Crippen LogP contribution in [0.2, 0.25) is 0 Å². The third kappa shape index (κ3) is 38.3. The van der Waals surface area contributed by atoms with Crippen molar-refractivity contribution >= 4 is 19.8 Å². The number of ether oxygens (including phenoxy) is 2. The predicted molar refractivity (Wildman–Crippen MR) is 211 cm³/mol. The molecule has 3 N–H and O–H groups in total. The quantitative estimate of drug-likeness (QED) is 0.0272. The lowest BCUT2D eigenvalue weighted by Gasteiger charge is -2.19. The first-order chi connectivity index (χ1) is 24.8. The Labute approximate surface area is 313 Å². The molecule has 0 aromatic heterocycles. The Morgan fingerprint density at radius 3 is 1.39 bits per heavy atom. The molecule has 0 aliphatic carbocycles. The van der Waals surface area contributed by atoms with Gasteiger partial charge in [0.05, 0.1) is 13.2 Å². The van der Waals surface area contributed by atoms with Gasteiger partial charge in [0.2, 0.25) is 0 Å². The first kappa shape index (κ1) is 49.8. The van der Waals surface area contributed by atoms with Crippen molar-refractivity contribution in [1.82, 2.24) is 0 Å². The molecular formula is C41H80NO8P. The summed E-state index contributed by atoms with van der Waals surface area (Å²) < 4.78 is 32.7. The number of hydrogen-bond acceptors (Lipinski definition) is 8. The summed E-state index contributed by atoms with van der Waals surface area (Å²) in [6.07, 6.45) is 38.1. The molecule has 0 saturated carbocycles. The number of nitrogens with two attached hydrogens (primary N) is 1. The van der Waals surface area contributed by atoms with Gasteiger partial charge in [-0.05, 0) is 38.5 Å². The Bertz CT molecular complexity index is 856. The van der Waals surface area contributed by atoms with Gasteiger partial charge in [-0.15, -0.1) is 0 Å². The van der Waals surface area contributed by atoms with E-state index in [4.69, 9.17) is 24.3 Å². The molecule has 0 fully saturated rings. The molecule has 2 unspecified atom stereocenters. The van der Waals surface area contributed by atoms with Crippen LogP contribution in [0.5, 0.6) is 0 Å². The second-order valence-corrected chi connectivity index (χ2v) is 15.7. The topological polar surface area (TPSA) is 134 Å². The van der Waals surface area contributed by atoms with Crippen molar-refractivity contribution in [3.8, 4) is 0 Å². The van der Waals surface area contributed by atoms with Crippen LogP contribution in [0.4, 0.5) is 0 Å². The molecule has 0 aromatic carbocycles. The molecule has 51 heavy (non-hydrogen) atoms. The number of rotatable bonds is 40. The molecule has 0 aliphatic rings. The van der Waals surface area contributed by atoms with E-state index in [0.717, 1.165) is 32.1 Å². The highest BCUT2D eigenvalue weighted by Gasteiger charge is 2.26. The van der Waals surface area contributed by atoms with Crippen LogP contribution in [0.3, 0.4) is 0 Å². The van der Waals surface area contributed by atoms with Crippen LogP contribution >= 0.6 is 7.82 Å². The van der Waals surface area contributed by atoms with Crippen molar-refractivity contribution in [2.45, 2.75) is 213 Å². The van der Waals surface area contributed by atoms with Crippen LogP contribution in [-0.4, -0.2) is 49.3 Å². The van der Waals surface area contributed by atoms with Crippen molar-refractivity contribution < 1.29 is 37.6 Å². The zero-order valence-corrected chi connectivity index (χ0v) is 34.0. The van der Waals surface area contributed by atoms with Gasteiger partial charge in [0.1, 0.15) is 6.61 Å². The fourth-order valence-electron chi connectivity index (χ4n) is 5.98. The van der Waals surface area contributed by atoms with Crippen LogP contribution in [0, 0.1) is 0 Å². The van der Waals surface area contributed by atoms with Crippen LogP contribution < -0.4 is 5.73 Å². The van der Waals surface area contributed by atoms with Gasteiger partial charge in [-0.1, -0.05) is 167 Å². The van der Waals surface area contributed by atoms with Crippen molar-refractivity contribution in [2.24, 2.45) is 5.73 Å². The van der Waals surface area contributed by atoms with E-state index in [2.05, 4.69) is 26.0 Å². The summed E-state index contributed by atoms with van der Waals surface area (Å²) in [6.45, 7) is 3.74. The average Bonchev–Trinajstić information content (AvgIpc) is 3.11. The highest BCUT2D eigenvalue weighted by Crippen LogP contribution is 2.43. The molecule has 302 valence electrons. The minimum atomic E-state index is -4.37. The maximum atomic E-state index is 12.5. The van der Waals surface area contributed by atoms with E-state index in [0.29, 0.717) is 6.42 Å². The number of carbonyl (C=O) groups excluding carboxylic acids is 2. The third-order valence-electron chi connectivity index (χ3n) is 9.15. The van der Waals surface area contributed by atoms with Crippen molar-refractivity contribution in [3.63, 3.8) is 0 Å². The monoisotopic (exact) mass is 746 g/mol. The Hall–Kier alpha value is -1.25. The molecule has 0 saturated heterocycles. The molecule has 0 aromatic rings. The minimum Gasteiger partial charge on any atom is -0.462 e. The summed E-state index contributed by atoms with van der Waals surface area (Å²) in [4.78, 5) is 34.8. The van der Waals surface area contributed by atoms with E-state index >= 15 is 0 Å². The van der Waals surface area contributed by atoms with Gasteiger partial charge in [-0.25, -0.2) is 4.57 Å². The molecule has 0 spiro atoms. The number of allylic oxidation sites excluding steroid dienone is 2. The fourth-order valence-corrected chi connectivity index (χ4v) is 6.75. The SMILES string of the molecule is CCCCCCCCC=CCCCCCCCCCC(=O)OCC(COP(=O)(O)OCCN)OC(=O)CCCCCCCCCCCCCCC. The van der Waals surface area contributed by atoms with Crippen LogP contribution in [0.1, 0.15) is 206 Å². The second-order valence-electron chi connectivity index (χ2n) is 14.2. The van der Waals surface area contributed by atoms with Gasteiger partial charge in [0.15, 0.2) is 6.10 Å². The first-order valence-corrected chi connectivity index (χ1v) is 22.7. The molecule has 0 bridgehead atoms. The Morgan fingerprint density at radius 1 is 0.569 bits per heavy atom. The smallest absolute Gasteiger partial charge is 0.462 e. The lowest BCUT2D eigenvalue weighted by Crippen LogP contribution is -2.29. The van der Waals surface area contributed by atoms with E-state index in [-0.39, 0.29) is 38.6 Å². The van der Waals surface area contributed by atoms with Gasteiger partial charge >= 0.3 is 19.8 Å². The largest absolute Gasteiger partial charge is 0.472 e. The summed E-state index contributed by atoms with van der Waals surface area (Å²) >= 11 is 0. The van der Waals surface area contributed by atoms with Gasteiger partial charge in [-0.2, -0.15) is 0 Å². The molecule has 0 aliphatic heterocycles. The van der Waals surface area contributed by atoms with Gasteiger partial charge < -0.3 is 20.1 Å². The second kappa shape index (κ2) is 38.5. The molecule has 9 nitrogen and oxygen atoms in total. The first-order valence-electron chi connectivity index (χ1n) is 21.2. The fraction of sp³-hybridized carbons (Fsp3) is 0.902. The van der Waals surface area contributed by atoms with E-state index in [1.54, 1.807) is 0 Å². The van der Waals surface area contributed by atoms with Crippen LogP contribution in [-0.2, 0) is 32.7 Å². The molecule has 2 atom stereocenters. The number of unbranched alkanes of at least 4 members (excludes halogenated alkanes) is 25. The van der Waals surface area contributed by atoms with Crippen LogP contribution in [0.25, 0.3) is 0 Å². The Balaban J connectivity index is 4.13. The lowest BCUT2D eigenvalue weighted by atomic mass is 10.0. The molecule has 0 amide bonds. The average molecular weight is 746 g/mol. The summed E-state index contributed by atoms with van der Waals surface area (Å²) in [6, 6.07) is 0. The van der Waals surface area contributed by atoms with E-state index in [9.17, 15) is 19.0 Å². The van der Waals surface area contributed by atoms with E-state index in [1.165, 1.54) is 141 Å². The van der Waals surface area contributed by atoms with E-state index in [1.807, 2.05) is 0 Å². The zero-order valence-electron chi connectivity index (χ0n) is 33.1. The maximum absolute atomic E-state index is 12.5. The van der Waals surface area contributed by atoms with Crippen LogP contribution in [0.15, 0.2) is 12.2 Å². The molecule has 10 heteroatoms. The number of hydrogen-bond donors (Lipinski definition) is 2.